The molecule has 1 aliphatic carbocycles. The van der Waals surface area contributed by atoms with Gasteiger partial charge in [0.05, 0.1) is 11.7 Å². The number of hydrogen-bond acceptors (Lipinski definition) is 4. The summed E-state index contributed by atoms with van der Waals surface area (Å²) in [6, 6.07) is 0. The molecule has 0 bridgehead atoms. The molecule has 0 saturated carbocycles. The second kappa shape index (κ2) is 4.27. The van der Waals surface area contributed by atoms with Gasteiger partial charge in [-0.2, -0.15) is 0 Å². The van der Waals surface area contributed by atoms with Gasteiger partial charge < -0.3 is 14.2 Å². The van der Waals surface area contributed by atoms with Crippen molar-refractivity contribution in [1.29, 1.82) is 0 Å². The molecule has 19 heavy (non-hydrogen) atoms. The van der Waals surface area contributed by atoms with Crippen LogP contribution in [0.3, 0.4) is 0 Å². The van der Waals surface area contributed by atoms with Crippen molar-refractivity contribution in [1.82, 2.24) is 0 Å². The van der Waals surface area contributed by atoms with E-state index >= 15 is 0 Å². The van der Waals surface area contributed by atoms with Gasteiger partial charge in [0.2, 0.25) is 0 Å². The SMILES string of the molecule is C=CCC1=C[C@]2(C[C@@H]3OC3(C)C)OCOC2CC1=O. The summed E-state index contributed by atoms with van der Waals surface area (Å²) in [5, 5.41) is 0. The highest BCUT2D eigenvalue weighted by Gasteiger charge is 2.57. The van der Waals surface area contributed by atoms with Gasteiger partial charge in [-0.3, -0.25) is 4.79 Å². The average molecular weight is 264 g/mol. The van der Waals surface area contributed by atoms with Crippen LogP contribution >= 0.6 is 0 Å². The second-order valence-electron chi connectivity index (χ2n) is 6.08. The standard InChI is InChI=1S/C15H20O4/c1-4-5-10-7-15(8-13-14(2,3)19-13)12(6-11(10)16)17-9-18-15/h4,7,12-13H,1,5-6,8-9H2,2-3H3/t12?,13-,15+/m0/s1. The summed E-state index contributed by atoms with van der Waals surface area (Å²) in [6.45, 7) is 8.10. The third-order valence-electron chi connectivity index (χ3n) is 4.32. The first-order valence-electron chi connectivity index (χ1n) is 6.76. The predicted octanol–water partition coefficient (Wildman–Crippen LogP) is 2.14. The Labute approximate surface area is 113 Å². The monoisotopic (exact) mass is 264 g/mol. The number of fused-ring (bicyclic) bond motifs is 1. The molecule has 0 aromatic heterocycles. The molecule has 0 radical (unpaired) electrons. The number of epoxide rings is 1. The average Bonchev–Trinajstić information content (AvgIpc) is 2.74. The largest absolute Gasteiger partial charge is 0.367 e. The first kappa shape index (κ1) is 13.0. The summed E-state index contributed by atoms with van der Waals surface area (Å²) in [4.78, 5) is 12.0. The number of carbonyl (C=O) groups excluding carboxylic acids is 1. The van der Waals surface area contributed by atoms with E-state index in [0.717, 1.165) is 12.0 Å². The van der Waals surface area contributed by atoms with Crippen LogP contribution in [0.2, 0.25) is 0 Å². The number of hydrogen-bond donors (Lipinski definition) is 0. The highest BCUT2D eigenvalue weighted by Crippen LogP contribution is 2.47. The molecular weight excluding hydrogens is 244 g/mol. The summed E-state index contributed by atoms with van der Waals surface area (Å²) in [7, 11) is 0. The lowest BCUT2D eigenvalue weighted by Gasteiger charge is -2.33. The molecule has 3 rings (SSSR count). The number of allylic oxidation sites excluding steroid dienone is 2. The number of ketones is 1. The first-order valence-corrected chi connectivity index (χ1v) is 6.76. The van der Waals surface area contributed by atoms with Gasteiger partial charge in [0, 0.05) is 12.8 Å². The molecule has 0 aromatic rings. The zero-order valence-electron chi connectivity index (χ0n) is 11.5. The molecule has 4 heteroatoms. The van der Waals surface area contributed by atoms with Crippen LogP contribution in [0, 0.1) is 0 Å². The van der Waals surface area contributed by atoms with Gasteiger partial charge in [-0.05, 0) is 31.9 Å². The summed E-state index contributed by atoms with van der Waals surface area (Å²) in [5.74, 6) is 0.141. The quantitative estimate of drug-likeness (QED) is 0.576. The minimum Gasteiger partial charge on any atom is -0.367 e. The maximum atomic E-state index is 12.0. The zero-order chi connectivity index (χ0) is 13.7. The fraction of sp³-hybridized carbons (Fsp3) is 0.667. The molecule has 2 heterocycles. The molecule has 3 atom stereocenters. The fourth-order valence-electron chi connectivity index (χ4n) is 2.99. The van der Waals surface area contributed by atoms with Crippen molar-refractivity contribution in [2.24, 2.45) is 0 Å². The van der Waals surface area contributed by atoms with Crippen molar-refractivity contribution >= 4 is 5.78 Å². The Morgan fingerprint density at radius 3 is 2.89 bits per heavy atom. The molecule has 104 valence electrons. The van der Waals surface area contributed by atoms with Gasteiger partial charge in [0.15, 0.2) is 5.78 Å². The Kier molecular flexibility index (Phi) is 2.93. The van der Waals surface area contributed by atoms with Crippen molar-refractivity contribution in [2.45, 2.75) is 56.5 Å². The summed E-state index contributed by atoms with van der Waals surface area (Å²) in [5.41, 5.74) is 0.208. The Hall–Kier alpha value is -0.970. The van der Waals surface area contributed by atoms with E-state index in [-0.39, 0.29) is 30.4 Å². The molecule has 0 N–H and O–H groups in total. The fourth-order valence-corrected chi connectivity index (χ4v) is 2.99. The van der Waals surface area contributed by atoms with Gasteiger partial charge in [-0.1, -0.05) is 6.08 Å². The van der Waals surface area contributed by atoms with Crippen molar-refractivity contribution < 1.29 is 19.0 Å². The highest BCUT2D eigenvalue weighted by atomic mass is 16.7. The maximum absolute atomic E-state index is 12.0. The normalized spacial score (nSPS) is 39.7. The minimum absolute atomic E-state index is 0.0842. The van der Waals surface area contributed by atoms with Crippen LogP contribution in [0.5, 0.6) is 0 Å². The predicted molar refractivity (Wildman–Crippen MR) is 69.6 cm³/mol. The van der Waals surface area contributed by atoms with Crippen LogP contribution in [0.1, 0.15) is 33.1 Å². The molecule has 2 fully saturated rings. The molecule has 1 unspecified atom stereocenters. The molecule has 0 aromatic carbocycles. The van der Waals surface area contributed by atoms with Gasteiger partial charge in [0.1, 0.15) is 18.5 Å². The zero-order valence-corrected chi connectivity index (χ0v) is 11.5. The van der Waals surface area contributed by atoms with Crippen LogP contribution in [0.25, 0.3) is 0 Å². The molecule has 2 aliphatic heterocycles. The molecular formula is C15H20O4. The van der Waals surface area contributed by atoms with E-state index in [4.69, 9.17) is 14.2 Å². The molecule has 0 spiro atoms. The van der Waals surface area contributed by atoms with Gasteiger partial charge in [-0.25, -0.2) is 0 Å². The lowest BCUT2D eigenvalue weighted by molar-refractivity contribution is -0.119. The van der Waals surface area contributed by atoms with Crippen LogP contribution in [0.15, 0.2) is 24.3 Å². The lowest BCUT2D eigenvalue weighted by atomic mass is 9.78. The van der Waals surface area contributed by atoms with E-state index in [0.29, 0.717) is 12.8 Å². The Morgan fingerprint density at radius 1 is 1.53 bits per heavy atom. The highest BCUT2D eigenvalue weighted by molar-refractivity contribution is 5.97. The van der Waals surface area contributed by atoms with E-state index in [9.17, 15) is 4.79 Å². The van der Waals surface area contributed by atoms with E-state index in [1.54, 1.807) is 6.08 Å². The molecule has 3 aliphatic rings. The minimum atomic E-state index is -0.495. The Bertz CT molecular complexity index is 451. The van der Waals surface area contributed by atoms with Crippen molar-refractivity contribution in [3.05, 3.63) is 24.3 Å². The number of ether oxygens (including phenoxy) is 3. The van der Waals surface area contributed by atoms with Crippen molar-refractivity contribution in [2.75, 3.05) is 6.79 Å². The third kappa shape index (κ3) is 2.18. The van der Waals surface area contributed by atoms with Gasteiger partial charge >= 0.3 is 0 Å². The van der Waals surface area contributed by atoms with Gasteiger partial charge in [0.25, 0.3) is 0 Å². The third-order valence-corrected chi connectivity index (χ3v) is 4.32. The summed E-state index contributed by atoms with van der Waals surface area (Å²) in [6.07, 6.45) is 5.44. The second-order valence-corrected chi connectivity index (χ2v) is 6.08. The number of carbonyl (C=O) groups is 1. The molecule has 0 amide bonds. The van der Waals surface area contributed by atoms with Crippen LogP contribution in [-0.4, -0.2) is 36.0 Å². The summed E-state index contributed by atoms with van der Waals surface area (Å²) < 4.78 is 17.1. The number of rotatable bonds is 4. The van der Waals surface area contributed by atoms with Gasteiger partial charge in [-0.15, -0.1) is 6.58 Å². The Morgan fingerprint density at radius 2 is 2.26 bits per heavy atom. The molecule has 2 saturated heterocycles. The van der Waals surface area contributed by atoms with E-state index in [1.807, 2.05) is 6.08 Å². The molecule has 4 nitrogen and oxygen atoms in total. The van der Waals surface area contributed by atoms with Crippen LogP contribution in [-0.2, 0) is 19.0 Å². The Balaban J connectivity index is 1.86. The smallest absolute Gasteiger partial charge is 0.161 e. The first-order chi connectivity index (χ1) is 8.97. The van der Waals surface area contributed by atoms with Crippen molar-refractivity contribution in [3.8, 4) is 0 Å². The topological polar surface area (TPSA) is 48.1 Å². The van der Waals surface area contributed by atoms with Crippen LogP contribution in [0.4, 0.5) is 0 Å². The van der Waals surface area contributed by atoms with Crippen LogP contribution < -0.4 is 0 Å². The van der Waals surface area contributed by atoms with E-state index in [1.165, 1.54) is 0 Å². The lowest BCUT2D eigenvalue weighted by Crippen LogP contribution is -2.44. The summed E-state index contributed by atoms with van der Waals surface area (Å²) >= 11 is 0. The number of Topliss-reactive ketones (excluding diaryl/α,β-unsaturated/α-hetero) is 1. The van der Waals surface area contributed by atoms with E-state index in [2.05, 4.69) is 20.4 Å². The van der Waals surface area contributed by atoms with E-state index < -0.39 is 5.60 Å². The van der Waals surface area contributed by atoms with Crippen molar-refractivity contribution in [3.63, 3.8) is 0 Å². The maximum Gasteiger partial charge on any atom is 0.161 e.